The monoisotopic (exact) mass is 304 g/mol. The van der Waals surface area contributed by atoms with Gasteiger partial charge >= 0.3 is 0 Å². The molecule has 6 heteroatoms. The van der Waals surface area contributed by atoms with E-state index < -0.39 is 0 Å². The largest absolute Gasteiger partial charge is 0.347 e. The molecule has 5 nitrogen and oxygen atoms in total. The van der Waals surface area contributed by atoms with Crippen molar-refractivity contribution >= 4 is 17.2 Å². The lowest BCUT2D eigenvalue weighted by Gasteiger charge is -2.20. The summed E-state index contributed by atoms with van der Waals surface area (Å²) in [5, 5.41) is 10.8. The second-order valence-corrected chi connectivity index (χ2v) is 7.54. The lowest BCUT2D eigenvalue weighted by atomic mass is 10.0. The topological polar surface area (TPSA) is 70.7 Å². The Hall–Kier alpha value is -1.69. The maximum atomic E-state index is 12.4. The normalized spacial score (nSPS) is 14.8. The molecule has 2 heterocycles. The highest BCUT2D eigenvalue weighted by Gasteiger charge is 2.23. The summed E-state index contributed by atoms with van der Waals surface area (Å²) in [5.41, 5.74) is 2.22. The molecule has 0 spiro atoms. The second-order valence-electron chi connectivity index (χ2n) is 6.46. The zero-order chi connectivity index (χ0) is 15.0. The molecule has 0 saturated heterocycles. The maximum absolute atomic E-state index is 12.4. The molecule has 1 amide bonds. The number of hydrogen-bond donors (Lipinski definition) is 2. The van der Waals surface area contributed by atoms with Gasteiger partial charge in [-0.1, -0.05) is 0 Å². The summed E-state index contributed by atoms with van der Waals surface area (Å²) in [6, 6.07) is 0. The van der Waals surface area contributed by atoms with Gasteiger partial charge < -0.3 is 5.32 Å². The summed E-state index contributed by atoms with van der Waals surface area (Å²) in [6.07, 6.45) is 6.16. The zero-order valence-electron chi connectivity index (χ0n) is 12.6. The number of aromatic nitrogens is 3. The number of aryl methyl sites for hydroxylation is 2. The molecule has 0 atom stereocenters. The quantitative estimate of drug-likeness (QED) is 0.896. The summed E-state index contributed by atoms with van der Waals surface area (Å²) in [7, 11) is 0. The van der Waals surface area contributed by atoms with Gasteiger partial charge in [-0.2, -0.15) is 5.10 Å². The molecular formula is C15H20N4OS. The first-order valence-electron chi connectivity index (χ1n) is 7.29. The van der Waals surface area contributed by atoms with Crippen LogP contribution in [0.1, 0.15) is 54.5 Å². The fourth-order valence-corrected chi connectivity index (χ4v) is 3.65. The fraction of sp³-hybridized carbons (Fsp3) is 0.533. The van der Waals surface area contributed by atoms with E-state index in [4.69, 9.17) is 4.98 Å². The van der Waals surface area contributed by atoms with E-state index in [0.717, 1.165) is 23.5 Å². The molecule has 2 N–H and O–H groups in total. The third-order valence-corrected chi connectivity index (χ3v) is 4.61. The van der Waals surface area contributed by atoms with Crippen molar-refractivity contribution in [2.45, 2.75) is 52.0 Å². The molecule has 0 aliphatic heterocycles. The molecule has 3 rings (SSSR count). The molecule has 21 heavy (non-hydrogen) atoms. The van der Waals surface area contributed by atoms with Crippen molar-refractivity contribution in [3.63, 3.8) is 0 Å². The van der Waals surface area contributed by atoms with E-state index in [1.807, 2.05) is 20.8 Å². The van der Waals surface area contributed by atoms with Gasteiger partial charge in [0.15, 0.2) is 0 Å². The summed E-state index contributed by atoms with van der Waals surface area (Å²) < 4.78 is 0. The van der Waals surface area contributed by atoms with Crippen LogP contribution in [-0.4, -0.2) is 26.6 Å². The van der Waals surface area contributed by atoms with Crippen LogP contribution in [0.3, 0.4) is 0 Å². The highest BCUT2D eigenvalue weighted by atomic mass is 32.1. The van der Waals surface area contributed by atoms with Crippen molar-refractivity contribution in [1.82, 2.24) is 20.5 Å². The lowest BCUT2D eigenvalue weighted by molar-refractivity contribution is 0.0920. The first-order valence-corrected chi connectivity index (χ1v) is 8.10. The SMILES string of the molecule is CC(C)(C)NC(=O)c1cn[nH]c1-c1nc2c(s1)CCCC2. The van der Waals surface area contributed by atoms with Gasteiger partial charge in [-0.15, -0.1) is 11.3 Å². The molecule has 0 saturated carbocycles. The first kappa shape index (κ1) is 14.3. The third-order valence-electron chi connectivity index (χ3n) is 3.43. The summed E-state index contributed by atoms with van der Waals surface area (Å²) >= 11 is 1.68. The number of nitrogens with one attached hydrogen (secondary N) is 2. The molecule has 0 unspecified atom stereocenters. The fourth-order valence-electron chi connectivity index (χ4n) is 2.49. The average Bonchev–Trinajstić information content (AvgIpc) is 3.02. The number of fused-ring (bicyclic) bond motifs is 1. The van der Waals surface area contributed by atoms with Crippen LogP contribution in [0.5, 0.6) is 0 Å². The number of rotatable bonds is 2. The van der Waals surface area contributed by atoms with E-state index in [1.54, 1.807) is 17.5 Å². The summed E-state index contributed by atoms with van der Waals surface area (Å²) in [6.45, 7) is 5.90. The number of carbonyl (C=O) groups is 1. The van der Waals surface area contributed by atoms with Crippen LogP contribution in [0.25, 0.3) is 10.7 Å². The van der Waals surface area contributed by atoms with Crippen LogP contribution in [0, 0.1) is 0 Å². The van der Waals surface area contributed by atoms with Crippen molar-refractivity contribution in [3.05, 3.63) is 22.3 Å². The molecule has 0 bridgehead atoms. The van der Waals surface area contributed by atoms with E-state index in [2.05, 4.69) is 15.5 Å². The van der Waals surface area contributed by atoms with Crippen LogP contribution in [0.15, 0.2) is 6.20 Å². The van der Waals surface area contributed by atoms with Gasteiger partial charge in [0.1, 0.15) is 10.7 Å². The minimum Gasteiger partial charge on any atom is -0.347 e. The Bertz CT molecular complexity index is 642. The average molecular weight is 304 g/mol. The van der Waals surface area contributed by atoms with Crippen LogP contribution in [0.2, 0.25) is 0 Å². The predicted octanol–water partition coefficient (Wildman–Crippen LogP) is 2.94. The predicted molar refractivity (Wildman–Crippen MR) is 83.6 cm³/mol. The van der Waals surface area contributed by atoms with Crippen molar-refractivity contribution in [3.8, 4) is 10.7 Å². The van der Waals surface area contributed by atoms with E-state index in [9.17, 15) is 4.79 Å². The Morgan fingerprint density at radius 3 is 2.81 bits per heavy atom. The molecule has 2 aromatic heterocycles. The maximum Gasteiger partial charge on any atom is 0.255 e. The van der Waals surface area contributed by atoms with Gasteiger partial charge in [0, 0.05) is 10.4 Å². The standard InChI is InChI=1S/C15H20N4OS/c1-15(2,3)18-13(20)9-8-16-19-12(9)14-17-10-6-4-5-7-11(10)21-14/h8H,4-7H2,1-3H3,(H,16,19)(H,18,20). The van der Waals surface area contributed by atoms with E-state index >= 15 is 0 Å². The summed E-state index contributed by atoms with van der Waals surface area (Å²) in [4.78, 5) is 18.4. The van der Waals surface area contributed by atoms with Crippen molar-refractivity contribution < 1.29 is 4.79 Å². The van der Waals surface area contributed by atoms with Crippen LogP contribution < -0.4 is 5.32 Å². The number of nitrogens with zero attached hydrogens (tertiary/aromatic N) is 2. The molecule has 0 radical (unpaired) electrons. The molecule has 0 aromatic carbocycles. The molecule has 2 aromatic rings. The van der Waals surface area contributed by atoms with Crippen molar-refractivity contribution in [1.29, 1.82) is 0 Å². The molecule has 1 aliphatic rings. The highest BCUT2D eigenvalue weighted by Crippen LogP contribution is 2.33. The highest BCUT2D eigenvalue weighted by molar-refractivity contribution is 7.15. The lowest BCUT2D eigenvalue weighted by Crippen LogP contribution is -2.40. The van der Waals surface area contributed by atoms with Gasteiger partial charge in [-0.3, -0.25) is 9.89 Å². The van der Waals surface area contributed by atoms with Crippen LogP contribution in [-0.2, 0) is 12.8 Å². The molecule has 0 fully saturated rings. The molecular weight excluding hydrogens is 284 g/mol. The Kier molecular flexibility index (Phi) is 3.57. The summed E-state index contributed by atoms with van der Waals surface area (Å²) in [5.74, 6) is -0.112. The molecule has 112 valence electrons. The number of carbonyl (C=O) groups excluding carboxylic acids is 1. The van der Waals surface area contributed by atoms with Crippen molar-refractivity contribution in [2.24, 2.45) is 0 Å². The van der Waals surface area contributed by atoms with Crippen molar-refractivity contribution in [2.75, 3.05) is 0 Å². The van der Waals surface area contributed by atoms with E-state index in [0.29, 0.717) is 5.56 Å². The molecule has 1 aliphatic carbocycles. The Morgan fingerprint density at radius 1 is 1.33 bits per heavy atom. The van der Waals surface area contributed by atoms with Gasteiger partial charge in [0.25, 0.3) is 5.91 Å². The van der Waals surface area contributed by atoms with E-state index in [1.165, 1.54) is 23.4 Å². The van der Waals surface area contributed by atoms with Gasteiger partial charge in [-0.25, -0.2) is 4.98 Å². The minimum atomic E-state index is -0.270. The number of amides is 1. The van der Waals surface area contributed by atoms with Gasteiger partial charge in [0.05, 0.1) is 17.5 Å². The van der Waals surface area contributed by atoms with Gasteiger partial charge in [-0.05, 0) is 46.5 Å². The van der Waals surface area contributed by atoms with Crippen LogP contribution >= 0.6 is 11.3 Å². The Balaban J connectivity index is 1.92. The third kappa shape index (κ3) is 3.00. The number of aromatic amines is 1. The second kappa shape index (κ2) is 5.26. The zero-order valence-corrected chi connectivity index (χ0v) is 13.4. The van der Waals surface area contributed by atoms with Gasteiger partial charge in [0.2, 0.25) is 0 Å². The Morgan fingerprint density at radius 2 is 2.10 bits per heavy atom. The first-order chi connectivity index (χ1) is 9.94. The number of hydrogen-bond acceptors (Lipinski definition) is 4. The Labute approximate surface area is 128 Å². The van der Waals surface area contributed by atoms with Crippen LogP contribution in [0.4, 0.5) is 0 Å². The minimum absolute atomic E-state index is 0.112. The number of H-pyrrole nitrogens is 1. The number of thiazole rings is 1. The smallest absolute Gasteiger partial charge is 0.255 e. The van der Waals surface area contributed by atoms with E-state index in [-0.39, 0.29) is 11.4 Å².